The van der Waals surface area contributed by atoms with E-state index in [9.17, 15) is 14.4 Å². The minimum atomic E-state index is -1.03. The molecule has 4 amide bonds. The number of hydrogen-bond donors (Lipinski definition) is 2. The number of imide groups is 1. The van der Waals surface area contributed by atoms with Crippen molar-refractivity contribution in [2.24, 2.45) is 0 Å². The monoisotopic (exact) mass is 413 g/mol. The van der Waals surface area contributed by atoms with E-state index in [4.69, 9.17) is 4.74 Å². The van der Waals surface area contributed by atoms with E-state index < -0.39 is 17.6 Å². The molecule has 0 radical (unpaired) electrons. The standard InChI is InChI=1S/C21H23N3O4S/c1-13(18(25)22-12-14-5-7-15(28-2)8-6-14)24-19(26)21(23-20(24)27)10-3-4-17-16(21)9-11-29-17/h5-9,11,13H,3-4,10,12H2,1-2H3,(H,22,25)(H,23,27). The summed E-state index contributed by atoms with van der Waals surface area (Å²) >= 11 is 1.60. The van der Waals surface area contributed by atoms with Crippen LogP contribution in [0.4, 0.5) is 4.79 Å². The number of benzene rings is 1. The molecular formula is C21H23N3O4S. The molecule has 2 heterocycles. The van der Waals surface area contributed by atoms with E-state index in [1.807, 2.05) is 35.7 Å². The molecule has 1 aromatic carbocycles. The van der Waals surface area contributed by atoms with Gasteiger partial charge in [0.05, 0.1) is 7.11 Å². The van der Waals surface area contributed by atoms with Gasteiger partial charge in [-0.15, -0.1) is 11.3 Å². The van der Waals surface area contributed by atoms with Gasteiger partial charge in [-0.05, 0) is 55.3 Å². The Hall–Kier alpha value is -2.87. The van der Waals surface area contributed by atoms with Crippen LogP contribution < -0.4 is 15.4 Å². The quantitative estimate of drug-likeness (QED) is 0.738. The molecule has 2 unspecified atom stereocenters. The van der Waals surface area contributed by atoms with Crippen molar-refractivity contribution < 1.29 is 19.1 Å². The first-order valence-electron chi connectivity index (χ1n) is 9.59. The van der Waals surface area contributed by atoms with Crippen molar-refractivity contribution in [3.8, 4) is 5.75 Å². The lowest BCUT2D eigenvalue weighted by Crippen LogP contribution is -2.50. The first-order valence-corrected chi connectivity index (χ1v) is 10.5. The van der Waals surface area contributed by atoms with Gasteiger partial charge in [-0.25, -0.2) is 9.69 Å². The fourth-order valence-corrected chi connectivity index (χ4v) is 5.06. The molecule has 0 saturated carbocycles. The maximum atomic E-state index is 13.3. The van der Waals surface area contributed by atoms with Gasteiger partial charge in [-0.3, -0.25) is 9.59 Å². The molecule has 8 heteroatoms. The molecule has 1 spiro atoms. The lowest BCUT2D eigenvalue weighted by Gasteiger charge is -2.31. The Balaban J connectivity index is 1.47. The molecule has 1 aliphatic carbocycles. The SMILES string of the molecule is COc1ccc(CNC(=O)C(C)N2C(=O)NC3(CCCc4sccc43)C2=O)cc1. The number of rotatable bonds is 5. The topological polar surface area (TPSA) is 87.7 Å². The van der Waals surface area contributed by atoms with Gasteiger partial charge in [0.15, 0.2) is 0 Å². The van der Waals surface area contributed by atoms with E-state index in [0.717, 1.165) is 39.5 Å². The van der Waals surface area contributed by atoms with Gasteiger partial charge >= 0.3 is 6.03 Å². The van der Waals surface area contributed by atoms with Crippen LogP contribution in [0.15, 0.2) is 35.7 Å². The highest BCUT2D eigenvalue weighted by molar-refractivity contribution is 7.10. The number of nitrogens with one attached hydrogen (secondary N) is 2. The minimum Gasteiger partial charge on any atom is -0.497 e. The van der Waals surface area contributed by atoms with Crippen LogP contribution >= 0.6 is 11.3 Å². The highest BCUT2D eigenvalue weighted by Crippen LogP contribution is 2.42. The molecule has 2 N–H and O–H groups in total. The Kier molecular flexibility index (Phi) is 5.04. The van der Waals surface area contributed by atoms with Crippen LogP contribution in [0.5, 0.6) is 5.75 Å². The number of ether oxygens (including phenoxy) is 1. The summed E-state index contributed by atoms with van der Waals surface area (Å²) in [6.07, 6.45) is 2.29. The Morgan fingerprint density at radius 2 is 2.07 bits per heavy atom. The van der Waals surface area contributed by atoms with Crippen molar-refractivity contribution in [2.45, 2.75) is 44.3 Å². The summed E-state index contributed by atoms with van der Waals surface area (Å²) in [5, 5.41) is 7.64. The molecule has 1 fully saturated rings. The van der Waals surface area contributed by atoms with Crippen LogP contribution in [-0.4, -0.2) is 35.9 Å². The molecule has 4 rings (SSSR count). The highest BCUT2D eigenvalue weighted by atomic mass is 32.1. The number of carbonyl (C=O) groups is 3. The van der Waals surface area contributed by atoms with Gasteiger partial charge in [0.1, 0.15) is 17.3 Å². The highest BCUT2D eigenvalue weighted by Gasteiger charge is 2.56. The van der Waals surface area contributed by atoms with Crippen LogP contribution in [0.25, 0.3) is 0 Å². The number of nitrogens with zero attached hydrogens (tertiary/aromatic N) is 1. The Morgan fingerprint density at radius 3 is 2.79 bits per heavy atom. The third-order valence-electron chi connectivity index (χ3n) is 5.68. The fraction of sp³-hybridized carbons (Fsp3) is 0.381. The molecular weight excluding hydrogens is 390 g/mol. The summed E-state index contributed by atoms with van der Waals surface area (Å²) in [5.41, 5.74) is 0.741. The molecule has 1 aromatic heterocycles. The van der Waals surface area contributed by atoms with Crippen molar-refractivity contribution in [3.63, 3.8) is 0 Å². The summed E-state index contributed by atoms with van der Waals surface area (Å²) in [6, 6.07) is 7.83. The number of fused-ring (bicyclic) bond motifs is 2. The second kappa shape index (κ2) is 7.51. The van der Waals surface area contributed by atoms with Crippen molar-refractivity contribution in [3.05, 3.63) is 51.7 Å². The molecule has 0 bridgehead atoms. The van der Waals surface area contributed by atoms with E-state index in [1.54, 1.807) is 25.4 Å². The van der Waals surface area contributed by atoms with Crippen molar-refractivity contribution >= 4 is 29.2 Å². The van der Waals surface area contributed by atoms with Crippen LogP contribution in [0.1, 0.15) is 35.8 Å². The number of urea groups is 1. The minimum absolute atomic E-state index is 0.302. The molecule has 1 aliphatic heterocycles. The van der Waals surface area contributed by atoms with Crippen molar-refractivity contribution in [1.82, 2.24) is 15.5 Å². The first-order chi connectivity index (χ1) is 14.0. The molecule has 152 valence electrons. The van der Waals surface area contributed by atoms with Crippen LogP contribution in [0.3, 0.4) is 0 Å². The summed E-state index contributed by atoms with van der Waals surface area (Å²) in [6.45, 7) is 1.88. The van der Waals surface area contributed by atoms with E-state index in [-0.39, 0.29) is 11.8 Å². The van der Waals surface area contributed by atoms with E-state index in [0.29, 0.717) is 13.0 Å². The summed E-state index contributed by atoms with van der Waals surface area (Å²) in [5.74, 6) is 0.0232. The summed E-state index contributed by atoms with van der Waals surface area (Å²) in [4.78, 5) is 40.9. The van der Waals surface area contributed by atoms with Crippen molar-refractivity contribution in [2.75, 3.05) is 7.11 Å². The fourth-order valence-electron chi connectivity index (χ4n) is 4.06. The van der Waals surface area contributed by atoms with Gasteiger partial charge in [0, 0.05) is 17.0 Å². The second-order valence-corrected chi connectivity index (χ2v) is 8.36. The normalized spacial score (nSPS) is 21.7. The summed E-state index contributed by atoms with van der Waals surface area (Å²) < 4.78 is 5.12. The number of methoxy groups -OCH3 is 1. The largest absolute Gasteiger partial charge is 0.497 e. The Labute approximate surface area is 173 Å². The van der Waals surface area contributed by atoms with Crippen LogP contribution in [-0.2, 0) is 28.1 Å². The molecule has 1 saturated heterocycles. The zero-order valence-electron chi connectivity index (χ0n) is 16.4. The first kappa shape index (κ1) is 19.4. The number of thiophene rings is 1. The van der Waals surface area contributed by atoms with E-state index in [2.05, 4.69) is 10.6 Å². The maximum Gasteiger partial charge on any atom is 0.326 e. The summed E-state index contributed by atoms with van der Waals surface area (Å²) in [7, 11) is 1.59. The zero-order valence-corrected chi connectivity index (χ0v) is 17.2. The smallest absolute Gasteiger partial charge is 0.326 e. The predicted octanol–water partition coefficient (Wildman–Crippen LogP) is 2.55. The Morgan fingerprint density at radius 1 is 1.31 bits per heavy atom. The van der Waals surface area contributed by atoms with E-state index >= 15 is 0 Å². The number of hydrogen-bond acceptors (Lipinski definition) is 5. The van der Waals surface area contributed by atoms with Gasteiger partial charge < -0.3 is 15.4 Å². The lowest BCUT2D eigenvalue weighted by atomic mass is 9.80. The third-order valence-corrected chi connectivity index (χ3v) is 6.66. The average Bonchev–Trinajstić information content (AvgIpc) is 3.30. The Bertz CT molecular complexity index is 955. The van der Waals surface area contributed by atoms with Gasteiger partial charge in [0.25, 0.3) is 5.91 Å². The second-order valence-electron chi connectivity index (χ2n) is 7.36. The average molecular weight is 413 g/mol. The number of aryl methyl sites for hydroxylation is 1. The number of amides is 4. The van der Waals surface area contributed by atoms with Gasteiger partial charge in [0.2, 0.25) is 5.91 Å². The third kappa shape index (κ3) is 3.27. The van der Waals surface area contributed by atoms with Crippen molar-refractivity contribution in [1.29, 1.82) is 0 Å². The predicted molar refractivity (Wildman–Crippen MR) is 109 cm³/mol. The number of carbonyl (C=O) groups excluding carboxylic acids is 3. The zero-order chi connectivity index (χ0) is 20.6. The van der Waals surface area contributed by atoms with Crippen LogP contribution in [0.2, 0.25) is 0 Å². The van der Waals surface area contributed by atoms with Gasteiger partial charge in [-0.2, -0.15) is 0 Å². The van der Waals surface area contributed by atoms with Gasteiger partial charge in [-0.1, -0.05) is 12.1 Å². The lowest BCUT2D eigenvalue weighted by molar-refractivity contribution is -0.138. The maximum absolute atomic E-state index is 13.3. The molecule has 2 atom stereocenters. The molecule has 2 aromatic rings. The molecule has 7 nitrogen and oxygen atoms in total. The molecule has 29 heavy (non-hydrogen) atoms. The van der Waals surface area contributed by atoms with E-state index in [1.165, 1.54) is 0 Å². The molecule has 2 aliphatic rings. The van der Waals surface area contributed by atoms with Crippen LogP contribution in [0, 0.1) is 0 Å².